The third kappa shape index (κ3) is 3.75. The smallest absolute Gasteiger partial charge is 0.135 e. The van der Waals surface area contributed by atoms with Gasteiger partial charge in [0.15, 0.2) is 0 Å². The first-order valence-corrected chi connectivity index (χ1v) is 11.4. The van der Waals surface area contributed by atoms with E-state index in [1.165, 1.54) is 18.2 Å². The summed E-state index contributed by atoms with van der Waals surface area (Å²) in [4.78, 5) is 0. The van der Waals surface area contributed by atoms with Crippen LogP contribution in [0.2, 0.25) is 0 Å². The molecule has 0 fully saturated rings. The van der Waals surface area contributed by atoms with Gasteiger partial charge in [0.25, 0.3) is 0 Å². The second-order valence-corrected chi connectivity index (χ2v) is 9.47. The number of halogens is 2. The van der Waals surface area contributed by atoms with Crippen molar-refractivity contribution in [3.8, 4) is 11.3 Å². The van der Waals surface area contributed by atoms with Crippen LogP contribution in [-0.2, 0) is 6.42 Å². The van der Waals surface area contributed by atoms with Crippen molar-refractivity contribution in [3.05, 3.63) is 57.2 Å². The van der Waals surface area contributed by atoms with Gasteiger partial charge in [0, 0.05) is 11.8 Å². The van der Waals surface area contributed by atoms with E-state index < -0.39 is 11.6 Å². The van der Waals surface area contributed by atoms with Crippen molar-refractivity contribution >= 4 is 11.3 Å². The molecule has 0 N–H and O–H groups in total. The Kier molecular flexibility index (Phi) is 5.91. The fourth-order valence-electron chi connectivity index (χ4n) is 4.48. The van der Waals surface area contributed by atoms with Crippen LogP contribution in [0.1, 0.15) is 79.6 Å². The topological polar surface area (TPSA) is 51.6 Å². The van der Waals surface area contributed by atoms with Crippen LogP contribution >= 0.6 is 11.3 Å². The first kappa shape index (κ1) is 21.0. The zero-order valence-corrected chi connectivity index (χ0v) is 18.5. The predicted octanol–water partition coefficient (Wildman–Crippen LogP) is 6.26. The van der Waals surface area contributed by atoms with Crippen molar-refractivity contribution in [1.29, 1.82) is 0 Å². The zero-order valence-electron chi connectivity index (χ0n) is 17.7. The maximum atomic E-state index is 14.4. The van der Waals surface area contributed by atoms with Gasteiger partial charge in [0.05, 0.1) is 17.0 Å². The highest BCUT2D eigenvalue weighted by Crippen LogP contribution is 2.47. The lowest BCUT2D eigenvalue weighted by molar-refractivity contribution is 0.437. The van der Waals surface area contributed by atoms with Crippen molar-refractivity contribution in [1.82, 2.24) is 20.4 Å². The van der Waals surface area contributed by atoms with Crippen LogP contribution in [0.3, 0.4) is 0 Å². The van der Waals surface area contributed by atoms with Gasteiger partial charge in [-0.15, -0.1) is 21.5 Å². The molecule has 0 saturated carbocycles. The molecule has 1 aromatic carbocycles. The molecule has 1 aliphatic rings. The van der Waals surface area contributed by atoms with Crippen LogP contribution in [0.25, 0.3) is 11.3 Å². The van der Waals surface area contributed by atoms with Gasteiger partial charge in [0.1, 0.15) is 21.6 Å². The van der Waals surface area contributed by atoms with Crippen LogP contribution in [0.15, 0.2) is 24.3 Å². The molecule has 0 spiro atoms. The number of fused-ring (bicyclic) bond motifs is 1. The Hall–Kier alpha value is -2.28. The summed E-state index contributed by atoms with van der Waals surface area (Å²) >= 11 is 1.67. The minimum Gasteiger partial charge on any atom is -0.206 e. The molecule has 0 saturated heterocycles. The molecule has 3 atom stereocenters. The molecule has 4 nitrogen and oxygen atoms in total. The van der Waals surface area contributed by atoms with E-state index in [2.05, 4.69) is 48.1 Å². The number of hydrogen-bond donors (Lipinski definition) is 0. The van der Waals surface area contributed by atoms with Crippen molar-refractivity contribution in [2.24, 2.45) is 5.92 Å². The van der Waals surface area contributed by atoms with Crippen LogP contribution in [0.4, 0.5) is 8.78 Å². The van der Waals surface area contributed by atoms with Gasteiger partial charge >= 0.3 is 0 Å². The Morgan fingerprint density at radius 1 is 1.07 bits per heavy atom. The minimum atomic E-state index is -0.620. The van der Waals surface area contributed by atoms with Crippen LogP contribution in [0.5, 0.6) is 0 Å². The Balaban J connectivity index is 1.81. The predicted molar refractivity (Wildman–Crippen MR) is 115 cm³/mol. The summed E-state index contributed by atoms with van der Waals surface area (Å²) in [5, 5.41) is 19.6. The summed E-state index contributed by atoms with van der Waals surface area (Å²) in [5.41, 5.74) is 2.10. The summed E-state index contributed by atoms with van der Waals surface area (Å²) in [6.07, 6.45) is 2.81. The van der Waals surface area contributed by atoms with E-state index in [9.17, 15) is 8.78 Å². The number of aryl methyl sites for hydroxylation is 1. The Bertz CT molecular complexity index is 1030. The lowest BCUT2D eigenvalue weighted by atomic mass is 9.84. The molecule has 0 aliphatic heterocycles. The summed E-state index contributed by atoms with van der Waals surface area (Å²) in [7, 11) is 0. The number of benzene rings is 1. The number of rotatable bonds is 4. The molecule has 4 rings (SSSR count). The van der Waals surface area contributed by atoms with Gasteiger partial charge in [0.2, 0.25) is 0 Å². The largest absolute Gasteiger partial charge is 0.206 e. The molecular weight excluding hydrogens is 402 g/mol. The quantitative estimate of drug-likeness (QED) is 0.461. The average Bonchev–Trinajstić information content (AvgIpc) is 3.14. The Labute approximate surface area is 179 Å². The van der Waals surface area contributed by atoms with Gasteiger partial charge < -0.3 is 0 Å². The lowest BCUT2D eigenvalue weighted by Gasteiger charge is -2.22. The van der Waals surface area contributed by atoms with Gasteiger partial charge in [-0.1, -0.05) is 33.8 Å². The second-order valence-electron chi connectivity index (χ2n) is 8.38. The SMILES string of the molecule is CCc1nnc(C2CC[C@H](C(C)C)c3cc(-c4c(F)cccc4F)nnc3[C@@H]2C)s1. The number of nitrogens with zero attached hydrogens (tertiary/aromatic N) is 4. The molecule has 0 amide bonds. The third-order valence-electron chi connectivity index (χ3n) is 6.20. The first-order valence-electron chi connectivity index (χ1n) is 10.5. The average molecular weight is 429 g/mol. The van der Waals surface area contributed by atoms with Gasteiger partial charge in [-0.2, -0.15) is 10.2 Å². The summed E-state index contributed by atoms with van der Waals surface area (Å²) < 4.78 is 28.8. The maximum Gasteiger partial charge on any atom is 0.135 e. The molecule has 2 heterocycles. The molecule has 0 radical (unpaired) electrons. The van der Waals surface area contributed by atoms with Crippen molar-refractivity contribution in [2.45, 2.75) is 64.7 Å². The zero-order chi connectivity index (χ0) is 21.4. The van der Waals surface area contributed by atoms with E-state index in [0.29, 0.717) is 5.92 Å². The first-order chi connectivity index (χ1) is 14.4. The fraction of sp³-hybridized carbons (Fsp3) is 0.478. The monoisotopic (exact) mass is 428 g/mol. The third-order valence-corrected chi connectivity index (χ3v) is 7.40. The van der Waals surface area contributed by atoms with Crippen molar-refractivity contribution in [3.63, 3.8) is 0 Å². The fourth-order valence-corrected chi connectivity index (χ4v) is 5.50. The molecule has 2 aromatic heterocycles. The molecule has 3 aromatic rings. The van der Waals surface area contributed by atoms with Crippen LogP contribution < -0.4 is 0 Å². The van der Waals surface area contributed by atoms with E-state index in [0.717, 1.165) is 40.5 Å². The molecule has 0 bridgehead atoms. The normalized spacial score (nSPS) is 21.5. The van der Waals surface area contributed by atoms with Crippen molar-refractivity contribution in [2.75, 3.05) is 0 Å². The molecule has 30 heavy (non-hydrogen) atoms. The Morgan fingerprint density at radius 3 is 2.43 bits per heavy atom. The highest BCUT2D eigenvalue weighted by Gasteiger charge is 2.35. The van der Waals surface area contributed by atoms with E-state index in [4.69, 9.17) is 0 Å². The summed E-state index contributed by atoms with van der Waals surface area (Å²) in [5.74, 6) is -0.297. The van der Waals surface area contributed by atoms with Crippen LogP contribution in [-0.4, -0.2) is 20.4 Å². The van der Waals surface area contributed by atoms with Gasteiger partial charge in [-0.3, -0.25) is 0 Å². The van der Waals surface area contributed by atoms with Crippen LogP contribution in [0, 0.1) is 17.6 Å². The van der Waals surface area contributed by atoms with Gasteiger partial charge in [-0.25, -0.2) is 8.78 Å². The highest BCUT2D eigenvalue weighted by atomic mass is 32.1. The second kappa shape index (κ2) is 8.46. The van der Waals surface area contributed by atoms with Crippen molar-refractivity contribution < 1.29 is 8.78 Å². The molecule has 158 valence electrons. The summed E-state index contributed by atoms with van der Waals surface area (Å²) in [6, 6.07) is 5.72. The number of hydrogen-bond acceptors (Lipinski definition) is 5. The Morgan fingerprint density at radius 2 is 1.80 bits per heavy atom. The standard InChI is InChI=1S/C23H26F2N4S/c1-5-20-27-29-23(30-20)15-10-9-14(12(2)3)16-11-19(26-28-22(16)13(15)4)21-17(24)7-6-8-18(21)25/h6-8,11-15H,5,9-10H2,1-4H3/t13-,14-,15?/m1/s1. The molecule has 1 unspecified atom stereocenters. The van der Waals surface area contributed by atoms with E-state index in [1.54, 1.807) is 11.3 Å². The highest BCUT2D eigenvalue weighted by molar-refractivity contribution is 7.11. The minimum absolute atomic E-state index is 0.105. The van der Waals surface area contributed by atoms with E-state index in [1.807, 2.05) is 6.07 Å². The van der Waals surface area contributed by atoms with E-state index in [-0.39, 0.29) is 29.0 Å². The molecule has 7 heteroatoms. The number of aromatic nitrogens is 4. The lowest BCUT2D eigenvalue weighted by Crippen LogP contribution is -2.12. The molecule has 1 aliphatic carbocycles. The van der Waals surface area contributed by atoms with Gasteiger partial charge in [-0.05, 0) is 54.9 Å². The van der Waals surface area contributed by atoms with E-state index >= 15 is 0 Å². The molecular formula is C23H26F2N4S. The maximum absolute atomic E-state index is 14.4. The summed E-state index contributed by atoms with van der Waals surface area (Å²) in [6.45, 7) is 8.60.